The summed E-state index contributed by atoms with van der Waals surface area (Å²) < 4.78 is 19.4. The number of nitrogens with one attached hydrogen (secondary N) is 1. The average molecular weight is 330 g/mol. The molecular formula is C15H21BrFNO. The first-order chi connectivity index (χ1) is 9.20. The smallest absolute Gasteiger partial charge is 0.124 e. The molecule has 106 valence electrons. The van der Waals surface area contributed by atoms with Crippen LogP contribution in [0.5, 0.6) is 0 Å². The predicted molar refractivity (Wildman–Crippen MR) is 78.7 cm³/mol. The first-order valence-corrected chi connectivity index (χ1v) is 7.76. The molecule has 1 N–H and O–H groups in total. The molecule has 4 heteroatoms. The van der Waals surface area contributed by atoms with Crippen LogP contribution in [0.3, 0.4) is 0 Å². The Morgan fingerprint density at radius 3 is 2.79 bits per heavy atom. The monoisotopic (exact) mass is 329 g/mol. The van der Waals surface area contributed by atoms with Gasteiger partial charge in [0, 0.05) is 23.7 Å². The highest BCUT2D eigenvalue weighted by molar-refractivity contribution is 9.10. The van der Waals surface area contributed by atoms with Gasteiger partial charge in [0.2, 0.25) is 0 Å². The molecule has 1 aliphatic rings. The molecule has 1 heterocycles. The molecule has 0 saturated carbocycles. The molecule has 1 unspecified atom stereocenters. The molecule has 2 nitrogen and oxygen atoms in total. The van der Waals surface area contributed by atoms with Crippen LogP contribution in [-0.2, 0) is 4.74 Å². The van der Waals surface area contributed by atoms with Gasteiger partial charge >= 0.3 is 0 Å². The molecule has 0 aromatic heterocycles. The minimum absolute atomic E-state index is 0.197. The number of halogens is 2. The maximum atomic E-state index is 13.2. The third-order valence-electron chi connectivity index (χ3n) is 3.70. The van der Waals surface area contributed by atoms with Crippen molar-refractivity contribution in [3.05, 3.63) is 34.1 Å². The van der Waals surface area contributed by atoms with E-state index < -0.39 is 0 Å². The van der Waals surface area contributed by atoms with Crippen LogP contribution in [0, 0.1) is 11.7 Å². The highest BCUT2D eigenvalue weighted by Crippen LogP contribution is 2.31. The summed E-state index contributed by atoms with van der Waals surface area (Å²) in [6.45, 7) is 4.76. The molecule has 0 radical (unpaired) electrons. The van der Waals surface area contributed by atoms with Crippen molar-refractivity contribution in [3.8, 4) is 0 Å². The quantitative estimate of drug-likeness (QED) is 0.879. The second-order valence-electron chi connectivity index (χ2n) is 5.07. The Labute approximate surface area is 122 Å². The van der Waals surface area contributed by atoms with Crippen molar-refractivity contribution in [2.45, 2.75) is 32.2 Å². The van der Waals surface area contributed by atoms with Gasteiger partial charge in [0.05, 0.1) is 0 Å². The number of ether oxygens (including phenoxy) is 1. The van der Waals surface area contributed by atoms with Crippen molar-refractivity contribution in [2.24, 2.45) is 5.92 Å². The van der Waals surface area contributed by atoms with Crippen LogP contribution >= 0.6 is 15.9 Å². The predicted octanol–water partition coefficient (Wildman–Crippen LogP) is 4.06. The second kappa shape index (κ2) is 7.36. The van der Waals surface area contributed by atoms with E-state index in [0.29, 0.717) is 5.92 Å². The first kappa shape index (κ1) is 14.9. The Bertz CT molecular complexity index is 407. The summed E-state index contributed by atoms with van der Waals surface area (Å²) in [6.07, 6.45) is 3.34. The lowest BCUT2D eigenvalue weighted by Crippen LogP contribution is -2.26. The largest absolute Gasteiger partial charge is 0.381 e. The molecule has 0 aliphatic carbocycles. The standard InChI is InChI=1S/C15H21BrFNO/c1-2-18-15(9-11-5-7-19-8-6-11)13-4-3-12(17)10-14(13)16/h3-4,10-11,15,18H,2,5-9H2,1H3. The van der Waals surface area contributed by atoms with Crippen LogP contribution in [0.15, 0.2) is 22.7 Å². The lowest BCUT2D eigenvalue weighted by molar-refractivity contribution is 0.0605. The topological polar surface area (TPSA) is 21.3 Å². The van der Waals surface area contributed by atoms with Crippen LogP contribution in [0.25, 0.3) is 0 Å². The Kier molecular flexibility index (Phi) is 5.79. The number of hydrogen-bond donors (Lipinski definition) is 1. The van der Waals surface area contributed by atoms with Gasteiger partial charge in [0.25, 0.3) is 0 Å². The molecule has 1 saturated heterocycles. The van der Waals surface area contributed by atoms with Crippen molar-refractivity contribution in [1.29, 1.82) is 0 Å². The molecule has 0 amide bonds. The molecule has 2 rings (SSSR count). The van der Waals surface area contributed by atoms with Gasteiger partial charge in [0.1, 0.15) is 5.82 Å². The maximum Gasteiger partial charge on any atom is 0.124 e. The van der Waals surface area contributed by atoms with E-state index in [1.807, 2.05) is 6.07 Å². The molecule has 1 aromatic carbocycles. The summed E-state index contributed by atoms with van der Waals surface area (Å²) in [6, 6.07) is 5.24. The van der Waals surface area contributed by atoms with E-state index in [9.17, 15) is 4.39 Å². The highest BCUT2D eigenvalue weighted by Gasteiger charge is 2.21. The van der Waals surface area contributed by atoms with Crippen LogP contribution in [0.2, 0.25) is 0 Å². The molecule has 0 spiro atoms. The molecule has 0 bridgehead atoms. The fourth-order valence-electron chi connectivity index (χ4n) is 2.67. The van der Waals surface area contributed by atoms with Crippen LogP contribution < -0.4 is 5.32 Å². The molecule has 1 atom stereocenters. The van der Waals surface area contributed by atoms with Gasteiger partial charge in [-0.25, -0.2) is 4.39 Å². The molecule has 1 aliphatic heterocycles. The molecule has 19 heavy (non-hydrogen) atoms. The Balaban J connectivity index is 2.09. The summed E-state index contributed by atoms with van der Waals surface area (Å²) in [4.78, 5) is 0. The lowest BCUT2D eigenvalue weighted by Gasteiger charge is -2.28. The van der Waals surface area contributed by atoms with E-state index >= 15 is 0 Å². The van der Waals surface area contributed by atoms with Gasteiger partial charge in [-0.15, -0.1) is 0 Å². The second-order valence-corrected chi connectivity index (χ2v) is 5.92. The number of rotatable bonds is 5. The van der Waals surface area contributed by atoms with Gasteiger partial charge in [-0.1, -0.05) is 28.9 Å². The van der Waals surface area contributed by atoms with Gasteiger partial charge < -0.3 is 10.1 Å². The third-order valence-corrected chi connectivity index (χ3v) is 4.39. The van der Waals surface area contributed by atoms with Crippen molar-refractivity contribution in [3.63, 3.8) is 0 Å². The SMILES string of the molecule is CCNC(CC1CCOCC1)c1ccc(F)cc1Br. The molecular weight excluding hydrogens is 309 g/mol. The first-order valence-electron chi connectivity index (χ1n) is 6.96. The van der Waals surface area contributed by atoms with Crippen molar-refractivity contribution < 1.29 is 9.13 Å². The lowest BCUT2D eigenvalue weighted by atomic mass is 9.89. The normalized spacial score (nSPS) is 18.5. The minimum Gasteiger partial charge on any atom is -0.381 e. The highest BCUT2D eigenvalue weighted by atomic mass is 79.9. The number of benzene rings is 1. The fourth-order valence-corrected chi connectivity index (χ4v) is 3.29. The zero-order valence-corrected chi connectivity index (χ0v) is 12.9. The van der Waals surface area contributed by atoms with E-state index in [4.69, 9.17) is 4.74 Å². The van der Waals surface area contributed by atoms with Crippen molar-refractivity contribution >= 4 is 15.9 Å². The zero-order chi connectivity index (χ0) is 13.7. The third kappa shape index (κ3) is 4.26. The minimum atomic E-state index is -0.197. The van der Waals surface area contributed by atoms with Crippen LogP contribution in [0.1, 0.15) is 37.8 Å². The van der Waals surface area contributed by atoms with E-state index in [-0.39, 0.29) is 11.9 Å². The van der Waals surface area contributed by atoms with Gasteiger partial charge in [-0.3, -0.25) is 0 Å². The maximum absolute atomic E-state index is 13.2. The van der Waals surface area contributed by atoms with Crippen molar-refractivity contribution in [1.82, 2.24) is 5.32 Å². The van der Waals surface area contributed by atoms with Gasteiger partial charge in [-0.05, 0) is 49.4 Å². The summed E-state index contributed by atoms with van der Waals surface area (Å²) >= 11 is 3.48. The summed E-state index contributed by atoms with van der Waals surface area (Å²) in [5.74, 6) is 0.492. The van der Waals surface area contributed by atoms with E-state index in [0.717, 1.165) is 49.1 Å². The Morgan fingerprint density at radius 1 is 1.42 bits per heavy atom. The van der Waals surface area contributed by atoms with Crippen molar-refractivity contribution in [2.75, 3.05) is 19.8 Å². The summed E-state index contributed by atoms with van der Waals surface area (Å²) in [5.41, 5.74) is 1.15. The molecule has 1 aromatic rings. The molecule has 1 fully saturated rings. The van der Waals surface area contributed by atoms with E-state index in [1.165, 1.54) is 6.07 Å². The van der Waals surface area contributed by atoms with Crippen LogP contribution in [0.4, 0.5) is 4.39 Å². The van der Waals surface area contributed by atoms with E-state index in [2.05, 4.69) is 28.2 Å². The van der Waals surface area contributed by atoms with E-state index in [1.54, 1.807) is 6.07 Å². The number of hydrogen-bond acceptors (Lipinski definition) is 2. The summed E-state index contributed by atoms with van der Waals surface area (Å²) in [5, 5.41) is 3.51. The Morgan fingerprint density at radius 2 is 2.16 bits per heavy atom. The Hall–Kier alpha value is -0.450. The fraction of sp³-hybridized carbons (Fsp3) is 0.600. The van der Waals surface area contributed by atoms with Gasteiger partial charge in [0.15, 0.2) is 0 Å². The van der Waals surface area contributed by atoms with Crippen LogP contribution in [-0.4, -0.2) is 19.8 Å². The van der Waals surface area contributed by atoms with Gasteiger partial charge in [-0.2, -0.15) is 0 Å². The zero-order valence-electron chi connectivity index (χ0n) is 11.3. The average Bonchev–Trinajstić information content (AvgIpc) is 2.39. The summed E-state index contributed by atoms with van der Waals surface area (Å²) in [7, 11) is 0.